The van der Waals surface area contributed by atoms with E-state index in [0.717, 1.165) is 11.8 Å². The van der Waals surface area contributed by atoms with Gasteiger partial charge in [0.1, 0.15) is 0 Å². The minimum atomic E-state index is -3.95. The Balaban J connectivity index is 2.72. The van der Waals surface area contributed by atoms with Crippen LogP contribution in [-0.2, 0) is 14.8 Å². The van der Waals surface area contributed by atoms with Gasteiger partial charge >= 0.3 is 6.03 Å². The summed E-state index contributed by atoms with van der Waals surface area (Å²) in [5, 5.41) is 3.26. The highest BCUT2D eigenvalue weighted by molar-refractivity contribution is 7.90. The van der Waals surface area contributed by atoms with E-state index < -0.39 is 16.1 Å². The van der Waals surface area contributed by atoms with Crippen LogP contribution < -0.4 is 10.1 Å². The largest absolute Gasteiger partial charge is 0.349 e. The fourth-order valence-electron chi connectivity index (χ4n) is 1.10. The summed E-state index contributed by atoms with van der Waals surface area (Å²) >= 11 is 0. The number of hydrazone groups is 1. The van der Waals surface area contributed by atoms with Crippen molar-refractivity contribution in [3.63, 3.8) is 0 Å². The number of nitrogens with one attached hydrogen (secondary N) is 2. The molecule has 7 nitrogen and oxygen atoms in total. The number of urea groups is 1. The molecule has 0 aromatic heterocycles. The first-order valence-electron chi connectivity index (χ1n) is 5.24. The number of carbonyl (C=O) groups excluding carboxylic acids is 2. The Labute approximate surface area is 110 Å². The van der Waals surface area contributed by atoms with Crippen molar-refractivity contribution in [1.29, 1.82) is 0 Å². The van der Waals surface area contributed by atoms with E-state index in [1.165, 1.54) is 19.1 Å². The monoisotopic (exact) mass is 283 g/mol. The number of ketones is 1. The summed E-state index contributed by atoms with van der Waals surface area (Å²) in [5.41, 5.74) is 2.77. The molecule has 102 valence electrons. The van der Waals surface area contributed by atoms with E-state index in [2.05, 4.69) is 5.10 Å². The molecule has 1 aromatic rings. The number of hydrogen-bond donors (Lipinski definition) is 2. The fourth-order valence-corrected chi connectivity index (χ4v) is 2.00. The number of amides is 2. The second-order valence-corrected chi connectivity index (χ2v) is 5.41. The molecule has 1 rings (SSSR count). The van der Waals surface area contributed by atoms with Crippen molar-refractivity contribution in [2.45, 2.75) is 18.7 Å². The standard InChI is InChI=1S/C11H13N3O4S/c1-8-3-5-10(6-4-8)19(17,18)14-11(16)13-12-7-9(2)15/h3-7H,1-2H3,(H2,13,14,16). The predicted octanol–water partition coefficient (Wildman–Crippen LogP) is 0.558. The summed E-state index contributed by atoms with van der Waals surface area (Å²) < 4.78 is 25.3. The van der Waals surface area contributed by atoms with Crippen molar-refractivity contribution in [1.82, 2.24) is 10.1 Å². The highest BCUT2D eigenvalue weighted by Crippen LogP contribution is 2.09. The predicted molar refractivity (Wildman–Crippen MR) is 69.2 cm³/mol. The number of benzene rings is 1. The van der Waals surface area contributed by atoms with Gasteiger partial charge in [-0.3, -0.25) is 4.79 Å². The van der Waals surface area contributed by atoms with E-state index in [-0.39, 0.29) is 10.7 Å². The smallest absolute Gasteiger partial charge is 0.293 e. The molecule has 0 spiro atoms. The number of carbonyl (C=O) groups is 2. The molecule has 0 saturated heterocycles. The number of nitrogens with zero attached hydrogens (tertiary/aromatic N) is 1. The summed E-state index contributed by atoms with van der Waals surface area (Å²) in [7, 11) is -3.95. The summed E-state index contributed by atoms with van der Waals surface area (Å²) in [5.74, 6) is -0.373. The van der Waals surface area contributed by atoms with Gasteiger partial charge in [-0.2, -0.15) is 5.10 Å². The van der Waals surface area contributed by atoms with Crippen LogP contribution in [0.5, 0.6) is 0 Å². The highest BCUT2D eigenvalue weighted by atomic mass is 32.2. The minimum Gasteiger partial charge on any atom is -0.293 e. The second kappa shape index (κ2) is 6.10. The third-order valence-electron chi connectivity index (χ3n) is 1.97. The molecule has 0 aliphatic rings. The molecule has 0 bridgehead atoms. The normalized spacial score (nSPS) is 11.3. The molecule has 2 amide bonds. The molecule has 1 aromatic carbocycles. The molecule has 0 heterocycles. The van der Waals surface area contributed by atoms with Gasteiger partial charge in [0.15, 0.2) is 5.78 Å². The Morgan fingerprint density at radius 3 is 2.32 bits per heavy atom. The molecule has 0 aliphatic carbocycles. The lowest BCUT2D eigenvalue weighted by atomic mass is 10.2. The Morgan fingerprint density at radius 2 is 1.79 bits per heavy atom. The highest BCUT2D eigenvalue weighted by Gasteiger charge is 2.16. The van der Waals surface area contributed by atoms with Crippen LogP contribution in [0.2, 0.25) is 0 Å². The molecule has 0 saturated carbocycles. The van der Waals surface area contributed by atoms with Crippen LogP contribution in [0, 0.1) is 6.92 Å². The van der Waals surface area contributed by atoms with Crippen LogP contribution in [0.4, 0.5) is 4.79 Å². The summed E-state index contributed by atoms with van der Waals surface area (Å²) in [4.78, 5) is 21.7. The van der Waals surface area contributed by atoms with Gasteiger partial charge in [-0.05, 0) is 19.1 Å². The molecule has 0 aliphatic heterocycles. The Bertz CT molecular complexity index is 605. The van der Waals surface area contributed by atoms with Gasteiger partial charge in [0, 0.05) is 6.92 Å². The second-order valence-electron chi connectivity index (χ2n) is 3.73. The zero-order valence-corrected chi connectivity index (χ0v) is 11.2. The van der Waals surface area contributed by atoms with Gasteiger partial charge in [-0.25, -0.2) is 23.4 Å². The van der Waals surface area contributed by atoms with Gasteiger partial charge in [0.25, 0.3) is 10.0 Å². The first-order chi connectivity index (χ1) is 8.81. The molecule has 0 fully saturated rings. The van der Waals surface area contributed by atoms with Gasteiger partial charge in [0.05, 0.1) is 11.1 Å². The lowest BCUT2D eigenvalue weighted by Gasteiger charge is -2.06. The van der Waals surface area contributed by atoms with Crippen molar-refractivity contribution in [3.05, 3.63) is 29.8 Å². The van der Waals surface area contributed by atoms with Gasteiger partial charge in [-0.1, -0.05) is 17.7 Å². The van der Waals surface area contributed by atoms with E-state index in [1.54, 1.807) is 16.9 Å². The topological polar surface area (TPSA) is 105 Å². The van der Waals surface area contributed by atoms with E-state index in [4.69, 9.17) is 0 Å². The number of hydrogen-bond acceptors (Lipinski definition) is 5. The van der Waals surface area contributed by atoms with Crippen LogP contribution in [0.15, 0.2) is 34.3 Å². The van der Waals surface area contributed by atoms with Crippen molar-refractivity contribution < 1.29 is 18.0 Å². The molecule has 19 heavy (non-hydrogen) atoms. The van der Waals surface area contributed by atoms with Crippen LogP contribution in [-0.4, -0.2) is 26.4 Å². The molecule has 2 N–H and O–H groups in total. The number of rotatable bonds is 4. The quantitative estimate of drug-likeness (QED) is 0.622. The third-order valence-corrected chi connectivity index (χ3v) is 3.32. The molecule has 0 unspecified atom stereocenters. The molecule has 0 radical (unpaired) electrons. The summed E-state index contributed by atoms with van der Waals surface area (Å²) in [6, 6.07) is 4.94. The van der Waals surface area contributed by atoms with Crippen LogP contribution in [0.3, 0.4) is 0 Å². The molecular formula is C11H13N3O4S. The first-order valence-corrected chi connectivity index (χ1v) is 6.72. The summed E-state index contributed by atoms with van der Waals surface area (Å²) in [6.07, 6.45) is 0.859. The van der Waals surface area contributed by atoms with Crippen LogP contribution in [0.25, 0.3) is 0 Å². The van der Waals surface area contributed by atoms with Crippen LogP contribution in [0.1, 0.15) is 12.5 Å². The number of aryl methyl sites for hydroxylation is 1. The first kappa shape index (κ1) is 14.8. The fraction of sp³-hybridized carbons (Fsp3) is 0.182. The third kappa shape index (κ3) is 4.88. The Morgan fingerprint density at radius 1 is 1.21 bits per heavy atom. The maximum atomic E-state index is 11.8. The van der Waals surface area contributed by atoms with Crippen molar-refractivity contribution in [2.24, 2.45) is 5.10 Å². The number of sulfonamides is 1. The van der Waals surface area contributed by atoms with Gasteiger partial charge in [0.2, 0.25) is 0 Å². The zero-order valence-electron chi connectivity index (χ0n) is 10.4. The minimum absolute atomic E-state index is 0.0382. The zero-order chi connectivity index (χ0) is 14.5. The average Bonchev–Trinajstić information content (AvgIpc) is 2.28. The maximum absolute atomic E-state index is 11.8. The average molecular weight is 283 g/mol. The SMILES string of the molecule is CC(=O)C=NNC(=O)NS(=O)(=O)c1ccc(C)cc1. The van der Waals surface area contributed by atoms with E-state index >= 15 is 0 Å². The van der Waals surface area contributed by atoms with Gasteiger partial charge in [-0.15, -0.1) is 0 Å². The van der Waals surface area contributed by atoms with Crippen molar-refractivity contribution in [3.8, 4) is 0 Å². The molecule has 8 heteroatoms. The lowest BCUT2D eigenvalue weighted by molar-refractivity contribution is -0.110. The molecule has 0 atom stereocenters. The molecular weight excluding hydrogens is 270 g/mol. The van der Waals surface area contributed by atoms with Crippen molar-refractivity contribution >= 4 is 28.1 Å². The van der Waals surface area contributed by atoms with E-state index in [0.29, 0.717) is 0 Å². The van der Waals surface area contributed by atoms with E-state index in [1.807, 2.05) is 12.3 Å². The van der Waals surface area contributed by atoms with Crippen LogP contribution >= 0.6 is 0 Å². The lowest BCUT2D eigenvalue weighted by Crippen LogP contribution is -2.37. The van der Waals surface area contributed by atoms with Crippen molar-refractivity contribution in [2.75, 3.05) is 0 Å². The maximum Gasteiger partial charge on any atom is 0.349 e. The van der Waals surface area contributed by atoms with E-state index in [9.17, 15) is 18.0 Å². The van der Waals surface area contributed by atoms with Gasteiger partial charge < -0.3 is 0 Å². The number of Topliss-reactive ketones (excluding diaryl/α,β-unsaturated/α-hetero) is 1. The Kier molecular flexibility index (Phi) is 4.76. The summed E-state index contributed by atoms with van der Waals surface area (Å²) in [6.45, 7) is 3.05. The Hall–Kier alpha value is -2.22.